The van der Waals surface area contributed by atoms with E-state index in [0.717, 1.165) is 0 Å². The van der Waals surface area contributed by atoms with Crippen molar-refractivity contribution in [2.75, 3.05) is 0 Å². The van der Waals surface area contributed by atoms with Crippen LogP contribution in [-0.2, 0) is 5.92 Å². The van der Waals surface area contributed by atoms with Crippen LogP contribution in [0.15, 0.2) is 12.1 Å². The van der Waals surface area contributed by atoms with Gasteiger partial charge in [0.25, 0.3) is 5.92 Å². The number of alkyl halides is 2. The quantitative estimate of drug-likeness (QED) is 0.709. The third-order valence-electron chi connectivity index (χ3n) is 2.51. The molecule has 1 N–H and O–H groups in total. The predicted octanol–water partition coefficient (Wildman–Crippen LogP) is 3.18. The fourth-order valence-corrected chi connectivity index (χ4v) is 2.27. The number of aryl methyl sites for hydroxylation is 1. The first kappa shape index (κ1) is 9.87. The highest BCUT2D eigenvalue weighted by Gasteiger charge is 2.45. The van der Waals surface area contributed by atoms with Crippen LogP contribution in [0.1, 0.15) is 29.2 Å². The summed E-state index contributed by atoms with van der Waals surface area (Å²) in [4.78, 5) is 0. The van der Waals surface area contributed by atoms with Crippen LogP contribution < -0.4 is 0 Å². The highest BCUT2D eigenvalue weighted by atomic mass is 35.5. The molecule has 1 aromatic carbocycles. The molecule has 0 amide bonds. The lowest BCUT2D eigenvalue weighted by atomic mass is 10.0. The minimum Gasteiger partial charge on any atom is -0.388 e. The molecule has 0 aromatic heterocycles. The van der Waals surface area contributed by atoms with Crippen LogP contribution in [0, 0.1) is 6.92 Å². The average molecular weight is 219 g/mol. The van der Waals surface area contributed by atoms with Crippen LogP contribution >= 0.6 is 11.6 Å². The molecule has 76 valence electrons. The molecule has 1 aliphatic carbocycles. The molecule has 0 heterocycles. The summed E-state index contributed by atoms with van der Waals surface area (Å²) in [7, 11) is 0. The Labute approximate surface area is 85.3 Å². The number of halogens is 3. The first-order valence-electron chi connectivity index (χ1n) is 4.28. The number of fused-ring (bicyclic) bond motifs is 1. The number of hydrogen-bond donors (Lipinski definition) is 1. The smallest absolute Gasteiger partial charge is 0.276 e. The fraction of sp³-hybridized carbons (Fsp3) is 0.400. The maximum absolute atomic E-state index is 13.4. The molecule has 1 unspecified atom stereocenters. The van der Waals surface area contributed by atoms with Crippen LogP contribution in [0.25, 0.3) is 0 Å². The summed E-state index contributed by atoms with van der Waals surface area (Å²) in [5.74, 6) is -2.93. The lowest BCUT2D eigenvalue weighted by molar-refractivity contribution is -0.0298. The second kappa shape index (κ2) is 2.91. The molecule has 1 nitrogen and oxygen atoms in total. The van der Waals surface area contributed by atoms with Crippen LogP contribution in [0.5, 0.6) is 0 Å². The van der Waals surface area contributed by atoms with Crippen LogP contribution in [0.3, 0.4) is 0 Å². The molecule has 14 heavy (non-hydrogen) atoms. The Morgan fingerprint density at radius 2 is 2.14 bits per heavy atom. The van der Waals surface area contributed by atoms with E-state index in [-0.39, 0.29) is 11.1 Å². The molecule has 0 aliphatic heterocycles. The zero-order chi connectivity index (χ0) is 10.5. The van der Waals surface area contributed by atoms with Gasteiger partial charge in [0.2, 0.25) is 0 Å². The van der Waals surface area contributed by atoms with Crippen LogP contribution in [0.2, 0.25) is 5.02 Å². The van der Waals surface area contributed by atoms with Crippen molar-refractivity contribution in [3.05, 3.63) is 33.8 Å². The molecular weight excluding hydrogens is 210 g/mol. The summed E-state index contributed by atoms with van der Waals surface area (Å²) in [6.45, 7) is 1.58. The Balaban J connectivity index is 2.69. The highest BCUT2D eigenvalue weighted by molar-refractivity contribution is 6.30. The van der Waals surface area contributed by atoms with Gasteiger partial charge < -0.3 is 5.11 Å². The molecule has 0 radical (unpaired) electrons. The van der Waals surface area contributed by atoms with E-state index >= 15 is 0 Å². The van der Waals surface area contributed by atoms with E-state index in [1.807, 2.05) is 0 Å². The van der Waals surface area contributed by atoms with Crippen molar-refractivity contribution in [2.45, 2.75) is 25.4 Å². The Morgan fingerprint density at radius 1 is 1.50 bits per heavy atom. The molecule has 4 heteroatoms. The predicted molar refractivity (Wildman–Crippen MR) is 49.7 cm³/mol. The second-order valence-electron chi connectivity index (χ2n) is 3.61. The van der Waals surface area contributed by atoms with Gasteiger partial charge in [-0.25, -0.2) is 8.78 Å². The molecule has 0 bridgehead atoms. The van der Waals surface area contributed by atoms with Gasteiger partial charge in [0, 0.05) is 17.0 Å². The van der Waals surface area contributed by atoms with E-state index in [1.165, 1.54) is 12.1 Å². The van der Waals surface area contributed by atoms with Gasteiger partial charge in [-0.05, 0) is 30.2 Å². The summed E-state index contributed by atoms with van der Waals surface area (Å²) in [5, 5.41) is 9.81. The lowest BCUT2D eigenvalue weighted by Gasteiger charge is -2.12. The van der Waals surface area contributed by atoms with E-state index < -0.39 is 18.4 Å². The van der Waals surface area contributed by atoms with Gasteiger partial charge in [-0.2, -0.15) is 0 Å². The van der Waals surface area contributed by atoms with Gasteiger partial charge in [0.15, 0.2) is 0 Å². The minimum atomic E-state index is -2.93. The van der Waals surface area contributed by atoms with E-state index in [1.54, 1.807) is 6.92 Å². The van der Waals surface area contributed by atoms with Gasteiger partial charge in [-0.3, -0.25) is 0 Å². The third-order valence-corrected chi connectivity index (χ3v) is 2.72. The molecule has 1 aromatic rings. The van der Waals surface area contributed by atoms with Gasteiger partial charge in [-0.15, -0.1) is 0 Å². The standard InChI is InChI=1S/C10H9ClF2O/c1-5-2-6(11)3-7-8(14)4-10(12,13)9(5)7/h2-3,8,14H,4H2,1H3. The van der Waals surface area contributed by atoms with Crippen molar-refractivity contribution in [1.82, 2.24) is 0 Å². The monoisotopic (exact) mass is 218 g/mol. The van der Waals surface area contributed by atoms with Gasteiger partial charge in [-0.1, -0.05) is 11.6 Å². The zero-order valence-electron chi connectivity index (χ0n) is 7.52. The Bertz CT molecular complexity index is 390. The van der Waals surface area contributed by atoms with Crippen molar-refractivity contribution < 1.29 is 13.9 Å². The van der Waals surface area contributed by atoms with E-state index in [4.69, 9.17) is 11.6 Å². The largest absolute Gasteiger partial charge is 0.388 e. The normalized spacial score (nSPS) is 23.6. The van der Waals surface area contributed by atoms with E-state index in [9.17, 15) is 13.9 Å². The first-order chi connectivity index (χ1) is 6.42. The Kier molecular flexibility index (Phi) is 2.05. The van der Waals surface area contributed by atoms with Crippen molar-refractivity contribution in [3.8, 4) is 0 Å². The number of benzene rings is 1. The second-order valence-corrected chi connectivity index (χ2v) is 4.05. The lowest BCUT2D eigenvalue weighted by Crippen LogP contribution is -2.09. The maximum Gasteiger partial charge on any atom is 0.276 e. The number of rotatable bonds is 0. The van der Waals surface area contributed by atoms with E-state index in [0.29, 0.717) is 10.6 Å². The molecule has 1 atom stereocenters. The SMILES string of the molecule is Cc1cc(Cl)cc2c1C(F)(F)CC2O. The van der Waals surface area contributed by atoms with Crippen LogP contribution in [0.4, 0.5) is 8.78 Å². The van der Waals surface area contributed by atoms with E-state index in [2.05, 4.69) is 0 Å². The molecule has 1 aliphatic rings. The number of aliphatic hydroxyl groups excluding tert-OH is 1. The summed E-state index contributed by atoms with van der Waals surface area (Å²) in [6.07, 6.45) is -1.64. The van der Waals surface area contributed by atoms with Crippen molar-refractivity contribution in [3.63, 3.8) is 0 Å². The third kappa shape index (κ3) is 1.31. The molecule has 2 rings (SSSR count). The number of hydrogen-bond acceptors (Lipinski definition) is 1. The number of aliphatic hydroxyl groups is 1. The molecular formula is C10H9ClF2O. The summed E-state index contributed by atoms with van der Waals surface area (Å²) < 4.78 is 26.8. The zero-order valence-corrected chi connectivity index (χ0v) is 8.28. The molecule has 0 spiro atoms. The summed E-state index contributed by atoms with van der Waals surface area (Å²) in [6, 6.07) is 2.90. The van der Waals surface area contributed by atoms with Crippen molar-refractivity contribution in [2.24, 2.45) is 0 Å². The molecule has 0 saturated carbocycles. The van der Waals surface area contributed by atoms with Gasteiger partial charge in [0.05, 0.1) is 6.10 Å². The van der Waals surface area contributed by atoms with Crippen molar-refractivity contribution >= 4 is 11.6 Å². The first-order valence-corrected chi connectivity index (χ1v) is 4.66. The van der Waals surface area contributed by atoms with Gasteiger partial charge in [0.1, 0.15) is 0 Å². The fourth-order valence-electron chi connectivity index (χ4n) is 1.99. The summed E-state index contributed by atoms with van der Waals surface area (Å²) in [5.41, 5.74) is 0.642. The van der Waals surface area contributed by atoms with Gasteiger partial charge >= 0.3 is 0 Å². The topological polar surface area (TPSA) is 20.2 Å². The molecule has 0 fully saturated rings. The molecule has 0 saturated heterocycles. The minimum absolute atomic E-state index is 0.0607. The highest BCUT2D eigenvalue weighted by Crippen LogP contribution is 2.49. The van der Waals surface area contributed by atoms with Crippen LogP contribution in [-0.4, -0.2) is 5.11 Å². The summed E-state index contributed by atoms with van der Waals surface area (Å²) >= 11 is 5.73. The van der Waals surface area contributed by atoms with Crippen molar-refractivity contribution in [1.29, 1.82) is 0 Å². The Morgan fingerprint density at radius 3 is 2.79 bits per heavy atom. The Hall–Kier alpha value is -0.670. The maximum atomic E-state index is 13.4. The average Bonchev–Trinajstić information content (AvgIpc) is 2.21.